The molecule has 0 saturated carbocycles. The second-order valence-electron chi connectivity index (χ2n) is 5.28. The summed E-state index contributed by atoms with van der Waals surface area (Å²) in [6.45, 7) is 2.36. The van der Waals surface area contributed by atoms with Gasteiger partial charge in [0.15, 0.2) is 0 Å². The molecule has 0 bridgehead atoms. The highest BCUT2D eigenvalue weighted by Crippen LogP contribution is 2.21. The monoisotopic (exact) mass is 310 g/mol. The minimum Gasteiger partial charge on any atom is -0.324 e. The van der Waals surface area contributed by atoms with Crippen molar-refractivity contribution < 1.29 is 22.0 Å². The Kier molecular flexibility index (Phi) is 6.10. The van der Waals surface area contributed by atoms with Crippen molar-refractivity contribution >= 4 is 0 Å². The van der Waals surface area contributed by atoms with Gasteiger partial charge < -0.3 is 5.73 Å². The molecule has 0 heterocycles. The summed E-state index contributed by atoms with van der Waals surface area (Å²) in [5.74, 6) is -1.51. The van der Waals surface area contributed by atoms with Gasteiger partial charge in [0.25, 0.3) is 0 Å². The Morgan fingerprint density at radius 3 is 2.05 bits per heavy atom. The number of nitrogens with zero attached hydrogens (tertiary/aromatic N) is 1. The molecule has 0 fully saturated rings. The molecule has 2 N–H and O–H groups in total. The largest absolute Gasteiger partial charge is 0.401 e. The van der Waals surface area contributed by atoms with Gasteiger partial charge in [-0.1, -0.05) is 0 Å². The molecule has 21 heavy (non-hydrogen) atoms. The number of benzene rings is 1. The lowest BCUT2D eigenvalue weighted by Crippen LogP contribution is -2.40. The van der Waals surface area contributed by atoms with Gasteiger partial charge in [-0.2, -0.15) is 13.2 Å². The Bertz CT molecular complexity index is 439. The molecule has 1 rings (SSSR count). The van der Waals surface area contributed by atoms with Crippen LogP contribution < -0.4 is 5.73 Å². The molecule has 1 atom stereocenters. The first-order chi connectivity index (χ1) is 9.58. The standard InChI is InChI=1S/C14H19F5N2/c1-9(2)21(8-14(17,18)19)4-3-13(20)10-5-11(15)7-12(16)6-10/h5-7,9,13H,3-4,8,20H2,1-2H3. The molecule has 1 unspecified atom stereocenters. The third kappa shape index (κ3) is 6.39. The molecular weight excluding hydrogens is 291 g/mol. The fraction of sp³-hybridized carbons (Fsp3) is 0.571. The predicted octanol–water partition coefficient (Wildman–Crippen LogP) is 3.63. The highest BCUT2D eigenvalue weighted by Gasteiger charge is 2.31. The zero-order valence-electron chi connectivity index (χ0n) is 11.9. The number of rotatable bonds is 6. The van der Waals surface area contributed by atoms with E-state index in [2.05, 4.69) is 0 Å². The highest BCUT2D eigenvalue weighted by molar-refractivity contribution is 5.21. The molecule has 2 nitrogen and oxygen atoms in total. The summed E-state index contributed by atoms with van der Waals surface area (Å²) in [4.78, 5) is 1.23. The Morgan fingerprint density at radius 2 is 1.62 bits per heavy atom. The van der Waals surface area contributed by atoms with Crippen molar-refractivity contribution in [2.75, 3.05) is 13.1 Å². The second-order valence-corrected chi connectivity index (χ2v) is 5.28. The van der Waals surface area contributed by atoms with E-state index in [0.717, 1.165) is 18.2 Å². The Morgan fingerprint density at radius 1 is 1.10 bits per heavy atom. The van der Waals surface area contributed by atoms with Gasteiger partial charge in [-0.3, -0.25) is 4.90 Å². The number of halogens is 5. The third-order valence-electron chi connectivity index (χ3n) is 3.15. The summed E-state index contributed by atoms with van der Waals surface area (Å²) in [5.41, 5.74) is 6.04. The molecule has 0 spiro atoms. The lowest BCUT2D eigenvalue weighted by molar-refractivity contribution is -0.149. The van der Waals surface area contributed by atoms with Crippen LogP contribution in [-0.4, -0.2) is 30.2 Å². The fourth-order valence-electron chi connectivity index (χ4n) is 2.01. The van der Waals surface area contributed by atoms with Crippen LogP contribution in [0.15, 0.2) is 18.2 Å². The van der Waals surface area contributed by atoms with Crippen LogP contribution in [0.5, 0.6) is 0 Å². The molecule has 120 valence electrons. The van der Waals surface area contributed by atoms with Gasteiger partial charge in [0.05, 0.1) is 6.54 Å². The fourth-order valence-corrected chi connectivity index (χ4v) is 2.01. The molecule has 0 radical (unpaired) electrons. The van der Waals surface area contributed by atoms with Gasteiger partial charge in [0.2, 0.25) is 0 Å². The summed E-state index contributed by atoms with van der Waals surface area (Å²) in [7, 11) is 0. The summed E-state index contributed by atoms with van der Waals surface area (Å²) < 4.78 is 63.5. The molecule has 1 aromatic rings. The van der Waals surface area contributed by atoms with Gasteiger partial charge in [-0.05, 0) is 38.0 Å². The summed E-state index contributed by atoms with van der Waals surface area (Å²) in [6, 6.07) is 1.89. The number of hydrogen-bond acceptors (Lipinski definition) is 2. The number of nitrogens with two attached hydrogens (primary N) is 1. The van der Waals surface area contributed by atoms with Crippen molar-refractivity contribution in [1.29, 1.82) is 0 Å². The van der Waals surface area contributed by atoms with Gasteiger partial charge >= 0.3 is 6.18 Å². The predicted molar refractivity (Wildman–Crippen MR) is 70.7 cm³/mol. The molecule has 0 aliphatic rings. The average Bonchev–Trinajstić information content (AvgIpc) is 2.31. The van der Waals surface area contributed by atoms with Gasteiger partial charge in [-0.15, -0.1) is 0 Å². The molecule has 1 aromatic carbocycles. The smallest absolute Gasteiger partial charge is 0.324 e. The molecule has 7 heteroatoms. The van der Waals surface area contributed by atoms with Crippen molar-refractivity contribution in [3.63, 3.8) is 0 Å². The SMILES string of the molecule is CC(C)N(CCC(N)c1cc(F)cc(F)c1)CC(F)(F)F. The number of hydrogen-bond donors (Lipinski definition) is 1. The average molecular weight is 310 g/mol. The maximum absolute atomic E-state index is 13.1. The minimum atomic E-state index is -4.29. The van der Waals surface area contributed by atoms with Crippen molar-refractivity contribution in [2.45, 2.75) is 38.5 Å². The van der Waals surface area contributed by atoms with E-state index in [1.165, 1.54) is 4.90 Å². The lowest BCUT2D eigenvalue weighted by Gasteiger charge is -2.28. The van der Waals surface area contributed by atoms with Crippen LogP contribution in [0.25, 0.3) is 0 Å². The van der Waals surface area contributed by atoms with E-state index in [1.54, 1.807) is 13.8 Å². The van der Waals surface area contributed by atoms with Crippen LogP contribution in [0.4, 0.5) is 22.0 Å². The minimum absolute atomic E-state index is 0.0937. The first-order valence-electron chi connectivity index (χ1n) is 6.61. The van der Waals surface area contributed by atoms with Crippen molar-refractivity contribution in [3.05, 3.63) is 35.4 Å². The molecule has 0 amide bonds. The molecule has 0 aliphatic heterocycles. The van der Waals surface area contributed by atoms with Gasteiger partial charge in [0, 0.05) is 24.7 Å². The maximum Gasteiger partial charge on any atom is 0.401 e. The van der Waals surface area contributed by atoms with Crippen molar-refractivity contribution in [3.8, 4) is 0 Å². The molecule has 0 aromatic heterocycles. The second kappa shape index (κ2) is 7.17. The maximum atomic E-state index is 13.1. The lowest BCUT2D eigenvalue weighted by atomic mass is 10.0. The third-order valence-corrected chi connectivity index (χ3v) is 3.15. The Labute approximate surface area is 120 Å². The van der Waals surface area contributed by atoms with Gasteiger partial charge in [-0.25, -0.2) is 8.78 Å². The molecule has 0 aliphatic carbocycles. The molecular formula is C14H19F5N2. The summed E-state index contributed by atoms with van der Waals surface area (Å²) in [6.07, 6.45) is -4.11. The molecule has 0 saturated heterocycles. The van der Waals surface area contributed by atoms with Crippen molar-refractivity contribution in [1.82, 2.24) is 4.90 Å². The van der Waals surface area contributed by atoms with Crippen LogP contribution in [0, 0.1) is 11.6 Å². The van der Waals surface area contributed by atoms with E-state index in [9.17, 15) is 22.0 Å². The zero-order valence-corrected chi connectivity index (χ0v) is 11.9. The van der Waals surface area contributed by atoms with Crippen LogP contribution in [-0.2, 0) is 0 Å². The normalized spacial score (nSPS) is 14.0. The van der Waals surface area contributed by atoms with Crippen LogP contribution in [0.1, 0.15) is 31.9 Å². The van der Waals surface area contributed by atoms with Crippen LogP contribution >= 0.6 is 0 Å². The van der Waals surface area contributed by atoms with E-state index < -0.39 is 30.4 Å². The summed E-state index contributed by atoms with van der Waals surface area (Å²) >= 11 is 0. The van der Waals surface area contributed by atoms with E-state index in [1.807, 2.05) is 0 Å². The number of alkyl halides is 3. The van der Waals surface area contributed by atoms with Crippen LogP contribution in [0.3, 0.4) is 0 Å². The first-order valence-corrected chi connectivity index (χ1v) is 6.61. The topological polar surface area (TPSA) is 29.3 Å². The van der Waals surface area contributed by atoms with E-state index in [-0.39, 0.29) is 24.6 Å². The zero-order chi connectivity index (χ0) is 16.2. The van der Waals surface area contributed by atoms with Crippen molar-refractivity contribution in [2.24, 2.45) is 5.73 Å². The Hall–Kier alpha value is -1.21. The van der Waals surface area contributed by atoms with Crippen LogP contribution in [0.2, 0.25) is 0 Å². The van der Waals surface area contributed by atoms with E-state index >= 15 is 0 Å². The Balaban J connectivity index is 2.66. The quantitative estimate of drug-likeness (QED) is 0.813. The van der Waals surface area contributed by atoms with Gasteiger partial charge in [0.1, 0.15) is 11.6 Å². The first kappa shape index (κ1) is 17.8. The summed E-state index contributed by atoms with van der Waals surface area (Å²) in [5, 5.41) is 0. The van der Waals surface area contributed by atoms with E-state index in [0.29, 0.717) is 0 Å². The highest BCUT2D eigenvalue weighted by atomic mass is 19.4. The van der Waals surface area contributed by atoms with E-state index in [4.69, 9.17) is 5.73 Å².